The molecule has 1 heterocycles. The van der Waals surface area contributed by atoms with Gasteiger partial charge in [0, 0.05) is 11.3 Å². The van der Waals surface area contributed by atoms with Gasteiger partial charge in [-0.1, -0.05) is 37.9 Å². The number of amidine groups is 1. The molecule has 0 spiro atoms. The summed E-state index contributed by atoms with van der Waals surface area (Å²) >= 11 is 1.92. The Morgan fingerprint density at radius 2 is 2.41 bits per heavy atom. The maximum absolute atomic E-state index is 4.57. The van der Waals surface area contributed by atoms with E-state index in [4.69, 9.17) is 0 Å². The number of aliphatic imine (C=N–C) groups is 1. The third-order valence-electron chi connectivity index (χ3n) is 4.85. The molecule has 2 bridgehead atoms. The smallest absolute Gasteiger partial charge is 0.157 e. The van der Waals surface area contributed by atoms with Crippen LogP contribution in [0.5, 0.6) is 0 Å². The zero-order valence-corrected chi connectivity index (χ0v) is 11.7. The minimum atomic E-state index is 0.444. The summed E-state index contributed by atoms with van der Waals surface area (Å²) in [5, 5.41) is 5.04. The fraction of sp³-hybridized carbons (Fsp3) is 0.929. The van der Waals surface area contributed by atoms with Gasteiger partial charge in [-0.3, -0.25) is 4.99 Å². The van der Waals surface area contributed by atoms with Crippen molar-refractivity contribution in [2.45, 2.75) is 57.4 Å². The molecule has 0 amide bonds. The summed E-state index contributed by atoms with van der Waals surface area (Å²) in [6, 6.07) is 0. The topological polar surface area (TPSA) is 24.4 Å². The first kappa shape index (κ1) is 11.9. The highest BCUT2D eigenvalue weighted by Gasteiger charge is 2.50. The van der Waals surface area contributed by atoms with Gasteiger partial charge < -0.3 is 5.32 Å². The molecule has 3 unspecified atom stereocenters. The predicted molar refractivity (Wildman–Crippen MR) is 75.6 cm³/mol. The highest BCUT2D eigenvalue weighted by Crippen LogP contribution is 2.53. The van der Waals surface area contributed by atoms with Crippen molar-refractivity contribution in [2.24, 2.45) is 16.8 Å². The molecule has 2 nitrogen and oxygen atoms in total. The molecule has 0 aromatic carbocycles. The van der Waals surface area contributed by atoms with Crippen LogP contribution in [-0.4, -0.2) is 23.0 Å². The van der Waals surface area contributed by atoms with E-state index in [0.717, 1.165) is 18.4 Å². The maximum atomic E-state index is 4.57. The monoisotopic (exact) mass is 252 g/mol. The third-order valence-corrected chi connectivity index (χ3v) is 5.74. The molecule has 3 rings (SSSR count). The number of rotatable bonds is 4. The van der Waals surface area contributed by atoms with Crippen molar-refractivity contribution in [3.8, 4) is 0 Å². The van der Waals surface area contributed by atoms with E-state index in [1.54, 1.807) is 0 Å². The molecule has 3 aliphatic rings. The summed E-state index contributed by atoms with van der Waals surface area (Å²) in [5.41, 5.74) is 0.444. The summed E-state index contributed by atoms with van der Waals surface area (Å²) in [5.74, 6) is 3.20. The SMILES string of the molecule is CCCCC1CC2(NC3=NCCS3)CCC1C2. The van der Waals surface area contributed by atoms with Crippen LogP contribution in [0.15, 0.2) is 4.99 Å². The van der Waals surface area contributed by atoms with Gasteiger partial charge in [-0.2, -0.15) is 0 Å². The Balaban J connectivity index is 1.60. The average Bonchev–Trinajstić information content (AvgIpc) is 3.02. The number of unbranched alkanes of at least 4 members (excludes halogenated alkanes) is 1. The van der Waals surface area contributed by atoms with Crippen molar-refractivity contribution < 1.29 is 0 Å². The number of hydrogen-bond acceptors (Lipinski definition) is 3. The van der Waals surface area contributed by atoms with Gasteiger partial charge in [0.15, 0.2) is 5.17 Å². The Kier molecular flexibility index (Phi) is 3.38. The molecule has 0 saturated heterocycles. The molecule has 3 heteroatoms. The lowest BCUT2D eigenvalue weighted by atomic mass is 9.83. The molecule has 0 aromatic rings. The summed E-state index contributed by atoms with van der Waals surface area (Å²) in [4.78, 5) is 4.57. The molecule has 0 aromatic heterocycles. The fourth-order valence-electron chi connectivity index (χ4n) is 4.03. The number of nitrogens with zero attached hydrogens (tertiary/aromatic N) is 1. The minimum Gasteiger partial charge on any atom is -0.359 e. The van der Waals surface area contributed by atoms with Gasteiger partial charge in [0.25, 0.3) is 0 Å². The second-order valence-corrected chi connectivity index (χ2v) is 7.13. The highest BCUT2D eigenvalue weighted by atomic mass is 32.2. The maximum Gasteiger partial charge on any atom is 0.157 e. The van der Waals surface area contributed by atoms with Crippen LogP contribution >= 0.6 is 11.8 Å². The van der Waals surface area contributed by atoms with E-state index in [1.165, 1.54) is 55.9 Å². The number of thioether (sulfide) groups is 1. The third kappa shape index (κ3) is 2.35. The predicted octanol–water partition coefficient (Wildman–Crippen LogP) is 3.43. The van der Waals surface area contributed by atoms with E-state index in [2.05, 4.69) is 17.2 Å². The van der Waals surface area contributed by atoms with Crippen LogP contribution in [0.1, 0.15) is 51.9 Å². The molecule has 1 aliphatic heterocycles. The summed E-state index contributed by atoms with van der Waals surface area (Å²) in [6.07, 6.45) is 9.92. The van der Waals surface area contributed by atoms with Crippen molar-refractivity contribution in [3.63, 3.8) is 0 Å². The van der Waals surface area contributed by atoms with Gasteiger partial charge in [0.1, 0.15) is 0 Å². The van der Waals surface area contributed by atoms with Gasteiger partial charge in [-0.15, -0.1) is 0 Å². The standard InChI is InChI=1S/C14H24N2S/c1-2-3-4-11-9-14(6-5-12(11)10-14)16-13-15-7-8-17-13/h11-12H,2-10H2,1H3,(H,15,16). The van der Waals surface area contributed by atoms with Crippen LogP contribution in [0.3, 0.4) is 0 Å². The van der Waals surface area contributed by atoms with E-state index in [-0.39, 0.29) is 0 Å². The van der Waals surface area contributed by atoms with Crippen molar-refractivity contribution >= 4 is 16.9 Å². The van der Waals surface area contributed by atoms with Gasteiger partial charge >= 0.3 is 0 Å². The zero-order chi connectivity index (χ0) is 11.7. The summed E-state index contributed by atoms with van der Waals surface area (Å²) in [7, 11) is 0. The van der Waals surface area contributed by atoms with Crippen LogP contribution < -0.4 is 5.32 Å². The van der Waals surface area contributed by atoms with Gasteiger partial charge in [-0.05, 0) is 37.5 Å². The number of hydrogen-bond donors (Lipinski definition) is 1. The molecule has 1 N–H and O–H groups in total. The van der Waals surface area contributed by atoms with E-state index < -0.39 is 0 Å². The fourth-order valence-corrected chi connectivity index (χ4v) is 4.88. The molecular weight excluding hydrogens is 228 g/mol. The second-order valence-electron chi connectivity index (χ2n) is 6.05. The molecular formula is C14H24N2S. The molecule has 3 atom stereocenters. The van der Waals surface area contributed by atoms with Gasteiger partial charge in [0.05, 0.1) is 6.54 Å². The number of nitrogens with one attached hydrogen (secondary N) is 1. The lowest BCUT2D eigenvalue weighted by Crippen LogP contribution is -2.44. The second kappa shape index (κ2) is 4.83. The zero-order valence-electron chi connectivity index (χ0n) is 10.9. The van der Waals surface area contributed by atoms with Gasteiger partial charge in [-0.25, -0.2) is 0 Å². The molecule has 96 valence electrons. The lowest BCUT2D eigenvalue weighted by Gasteiger charge is -2.31. The van der Waals surface area contributed by atoms with Crippen LogP contribution in [0.4, 0.5) is 0 Å². The summed E-state index contributed by atoms with van der Waals surface area (Å²) < 4.78 is 0. The molecule has 0 radical (unpaired) electrons. The lowest BCUT2D eigenvalue weighted by molar-refractivity contribution is 0.279. The van der Waals surface area contributed by atoms with Gasteiger partial charge in [0.2, 0.25) is 0 Å². The Bertz CT molecular complexity index is 315. The van der Waals surface area contributed by atoms with Crippen molar-refractivity contribution in [1.29, 1.82) is 0 Å². The van der Waals surface area contributed by atoms with E-state index in [0.29, 0.717) is 5.54 Å². The minimum absolute atomic E-state index is 0.444. The first-order chi connectivity index (χ1) is 8.31. The largest absolute Gasteiger partial charge is 0.359 e. The highest BCUT2D eigenvalue weighted by molar-refractivity contribution is 8.14. The quantitative estimate of drug-likeness (QED) is 0.829. The van der Waals surface area contributed by atoms with Crippen LogP contribution in [-0.2, 0) is 0 Å². The first-order valence-electron chi connectivity index (χ1n) is 7.27. The summed E-state index contributed by atoms with van der Waals surface area (Å²) in [6.45, 7) is 3.33. The van der Waals surface area contributed by atoms with E-state index >= 15 is 0 Å². The Labute approximate surface area is 109 Å². The van der Waals surface area contributed by atoms with Crippen molar-refractivity contribution in [2.75, 3.05) is 12.3 Å². The van der Waals surface area contributed by atoms with Crippen LogP contribution in [0.2, 0.25) is 0 Å². The Morgan fingerprint density at radius 3 is 3.18 bits per heavy atom. The van der Waals surface area contributed by atoms with Crippen LogP contribution in [0.25, 0.3) is 0 Å². The molecule has 2 saturated carbocycles. The van der Waals surface area contributed by atoms with Crippen LogP contribution in [0, 0.1) is 11.8 Å². The Morgan fingerprint density at radius 1 is 1.47 bits per heavy atom. The van der Waals surface area contributed by atoms with E-state index in [9.17, 15) is 0 Å². The molecule has 2 aliphatic carbocycles. The average molecular weight is 252 g/mol. The normalized spacial score (nSPS) is 39.7. The first-order valence-corrected chi connectivity index (χ1v) is 8.25. The Hall–Kier alpha value is -0.180. The van der Waals surface area contributed by atoms with Crippen molar-refractivity contribution in [1.82, 2.24) is 5.32 Å². The van der Waals surface area contributed by atoms with Crippen molar-refractivity contribution in [3.05, 3.63) is 0 Å². The van der Waals surface area contributed by atoms with E-state index in [1.807, 2.05) is 11.8 Å². The molecule has 2 fully saturated rings. The number of fused-ring (bicyclic) bond motifs is 2. The molecule has 17 heavy (non-hydrogen) atoms.